The smallest absolute Gasteiger partial charge is 0.332 e. The molecule has 160 valence electrons. The molecule has 8 nitrogen and oxygen atoms in total. The van der Waals surface area contributed by atoms with Gasteiger partial charge in [0.05, 0.1) is 11.0 Å². The molecule has 4 rings (SSSR count). The minimum absolute atomic E-state index is 0.0627. The van der Waals surface area contributed by atoms with Crippen LogP contribution < -0.4 is 16.8 Å². The van der Waals surface area contributed by atoms with Crippen molar-refractivity contribution in [3.63, 3.8) is 0 Å². The molecule has 0 amide bonds. The van der Waals surface area contributed by atoms with Crippen molar-refractivity contribution in [2.75, 3.05) is 17.6 Å². The van der Waals surface area contributed by atoms with E-state index in [9.17, 15) is 10.1 Å². The molecule has 30 heavy (non-hydrogen) atoms. The fourth-order valence-electron chi connectivity index (χ4n) is 4.93. The van der Waals surface area contributed by atoms with Crippen LogP contribution in [0.3, 0.4) is 0 Å². The molecule has 2 aliphatic rings. The fourth-order valence-corrected chi connectivity index (χ4v) is 4.93. The van der Waals surface area contributed by atoms with E-state index in [-0.39, 0.29) is 17.5 Å². The zero-order valence-corrected chi connectivity index (χ0v) is 17.2. The quantitative estimate of drug-likeness (QED) is 0.487. The third kappa shape index (κ3) is 4.38. The Labute approximate surface area is 176 Å². The summed E-state index contributed by atoms with van der Waals surface area (Å²) in [5.41, 5.74) is 14.7. The lowest BCUT2D eigenvalue weighted by Gasteiger charge is -2.28. The number of nitrogen functional groups attached to an aromatic ring is 1. The molecule has 0 unspecified atom stereocenters. The summed E-state index contributed by atoms with van der Waals surface area (Å²) in [6.45, 7) is 0.713. The van der Waals surface area contributed by atoms with Gasteiger partial charge in [-0.2, -0.15) is 4.98 Å². The Morgan fingerprint density at radius 2 is 1.83 bits per heavy atom. The summed E-state index contributed by atoms with van der Waals surface area (Å²) in [6.07, 6.45) is 7.83. The van der Waals surface area contributed by atoms with Crippen LogP contribution in [0.2, 0.25) is 0 Å². The highest BCUT2D eigenvalue weighted by Crippen LogP contribution is 2.36. The van der Waals surface area contributed by atoms with Crippen LogP contribution in [-0.2, 0) is 12.8 Å². The Morgan fingerprint density at radius 1 is 1.10 bits per heavy atom. The van der Waals surface area contributed by atoms with Crippen LogP contribution in [0.1, 0.15) is 61.4 Å². The number of nitrogens with zero attached hydrogens (tertiary/aromatic N) is 3. The number of aromatic nitrogens is 2. The van der Waals surface area contributed by atoms with Crippen LogP contribution in [0.5, 0.6) is 0 Å². The summed E-state index contributed by atoms with van der Waals surface area (Å²) in [5.74, 6) is 1.25. The monoisotopic (exact) mass is 410 g/mol. The number of anilines is 2. The molecule has 5 N–H and O–H groups in total. The van der Waals surface area contributed by atoms with Gasteiger partial charge in [0.15, 0.2) is 0 Å². The summed E-state index contributed by atoms with van der Waals surface area (Å²) < 4.78 is 0. The van der Waals surface area contributed by atoms with Crippen molar-refractivity contribution in [3.05, 3.63) is 51.2 Å². The first-order chi connectivity index (χ1) is 14.5. The maximum Gasteiger partial charge on any atom is 0.332 e. The van der Waals surface area contributed by atoms with E-state index in [0.29, 0.717) is 36.4 Å². The molecule has 2 aliphatic carbocycles. The molecule has 1 saturated carbocycles. The lowest BCUT2D eigenvalue weighted by Crippen LogP contribution is -2.23. The normalized spacial score (nSPS) is 23.6. The largest absolute Gasteiger partial charge is 0.378 e. The first-order valence-electron chi connectivity index (χ1n) is 10.9. The first-order valence-corrected chi connectivity index (χ1v) is 10.9. The summed E-state index contributed by atoms with van der Waals surface area (Å²) >= 11 is 0. The number of nitrogens with two attached hydrogens (primary N) is 2. The van der Waals surface area contributed by atoms with Gasteiger partial charge in [-0.3, -0.25) is 10.1 Å². The zero-order chi connectivity index (χ0) is 21.1. The van der Waals surface area contributed by atoms with Gasteiger partial charge in [-0.15, -0.1) is 0 Å². The number of hydrogen-bond donors (Lipinski definition) is 3. The average Bonchev–Trinajstić information content (AvgIpc) is 2.74. The van der Waals surface area contributed by atoms with Crippen molar-refractivity contribution < 1.29 is 4.92 Å². The zero-order valence-electron chi connectivity index (χ0n) is 17.2. The highest BCUT2D eigenvalue weighted by Gasteiger charge is 2.29. The first kappa shape index (κ1) is 20.5. The molecular weight excluding hydrogens is 380 g/mol. The molecule has 0 bridgehead atoms. The molecule has 8 heteroatoms. The van der Waals surface area contributed by atoms with Crippen LogP contribution in [0.4, 0.5) is 17.5 Å². The van der Waals surface area contributed by atoms with Crippen LogP contribution >= 0.6 is 0 Å². The number of nitrogens with one attached hydrogen (secondary N) is 1. The molecule has 1 heterocycles. The molecule has 2 aromatic rings. The fraction of sp³-hybridized carbons (Fsp3) is 0.545. The predicted octanol–water partition coefficient (Wildman–Crippen LogP) is 3.76. The van der Waals surface area contributed by atoms with E-state index in [0.717, 1.165) is 44.9 Å². The van der Waals surface area contributed by atoms with E-state index in [4.69, 9.17) is 11.5 Å². The number of nitro groups is 1. The second-order valence-electron chi connectivity index (χ2n) is 8.60. The highest BCUT2D eigenvalue weighted by molar-refractivity contribution is 5.58. The summed E-state index contributed by atoms with van der Waals surface area (Å²) in [4.78, 5) is 20.0. The molecular formula is C22H30N6O2. The molecule has 1 aromatic heterocycles. The van der Waals surface area contributed by atoms with Crippen molar-refractivity contribution in [1.82, 2.24) is 9.97 Å². The molecule has 1 fully saturated rings. The van der Waals surface area contributed by atoms with Gasteiger partial charge < -0.3 is 16.8 Å². The number of benzene rings is 1. The summed E-state index contributed by atoms with van der Waals surface area (Å²) in [6, 6.07) is 8.45. The second kappa shape index (κ2) is 8.95. The van der Waals surface area contributed by atoms with Gasteiger partial charge in [-0.05, 0) is 80.9 Å². The van der Waals surface area contributed by atoms with Gasteiger partial charge >= 0.3 is 5.69 Å². The second-order valence-corrected chi connectivity index (χ2v) is 8.60. The van der Waals surface area contributed by atoms with Crippen molar-refractivity contribution in [2.24, 2.45) is 17.6 Å². The number of aryl methyl sites for hydroxylation is 1. The van der Waals surface area contributed by atoms with Gasteiger partial charge in [-0.25, -0.2) is 4.98 Å². The van der Waals surface area contributed by atoms with Crippen molar-refractivity contribution in [1.29, 1.82) is 0 Å². The molecule has 1 aromatic carbocycles. The van der Waals surface area contributed by atoms with E-state index in [1.54, 1.807) is 0 Å². The van der Waals surface area contributed by atoms with E-state index < -0.39 is 4.92 Å². The number of fused-ring (bicyclic) bond motifs is 1. The van der Waals surface area contributed by atoms with Crippen LogP contribution in [0, 0.1) is 22.0 Å². The Balaban J connectivity index is 1.57. The molecule has 0 aliphatic heterocycles. The van der Waals surface area contributed by atoms with Crippen molar-refractivity contribution >= 4 is 17.5 Å². The average molecular weight is 411 g/mol. The van der Waals surface area contributed by atoms with Crippen molar-refractivity contribution in [3.8, 4) is 0 Å². The Bertz CT molecular complexity index is 910. The van der Waals surface area contributed by atoms with Gasteiger partial charge in [0.25, 0.3) is 0 Å². The van der Waals surface area contributed by atoms with Gasteiger partial charge in [0.2, 0.25) is 11.8 Å². The van der Waals surface area contributed by atoms with E-state index in [2.05, 4.69) is 33.5 Å². The standard InChI is InChI=1S/C22H30N6O2/c23-13-15-10-8-14(9-11-15)12-19-20(28(29)30)21(24)27-22(26-19)25-18-7-3-5-16-4-1-2-6-17(16)18/h1-2,4,6,14-15,18H,3,5,7-13,23H2,(H3,24,25,26,27)/t14?,15?,18-/m0/s1. The number of rotatable bonds is 6. The topological polar surface area (TPSA) is 133 Å². The highest BCUT2D eigenvalue weighted by atomic mass is 16.6. The lowest BCUT2D eigenvalue weighted by molar-refractivity contribution is -0.385. The Morgan fingerprint density at radius 3 is 2.57 bits per heavy atom. The van der Waals surface area contributed by atoms with Gasteiger partial charge in [0, 0.05) is 0 Å². The summed E-state index contributed by atoms with van der Waals surface area (Å²) in [7, 11) is 0. The predicted molar refractivity (Wildman–Crippen MR) is 117 cm³/mol. The SMILES string of the molecule is NCC1CCC(Cc2nc(N[C@H]3CCCc4ccccc43)nc(N)c2[N+](=O)[O-])CC1. The van der Waals surface area contributed by atoms with E-state index in [1.807, 2.05) is 6.07 Å². The molecule has 0 spiro atoms. The van der Waals surface area contributed by atoms with Gasteiger partial charge in [-0.1, -0.05) is 24.3 Å². The molecule has 0 saturated heterocycles. The molecule has 1 atom stereocenters. The maximum atomic E-state index is 11.7. The lowest BCUT2D eigenvalue weighted by atomic mass is 9.80. The third-order valence-electron chi connectivity index (χ3n) is 6.62. The van der Waals surface area contributed by atoms with E-state index >= 15 is 0 Å². The van der Waals surface area contributed by atoms with E-state index in [1.165, 1.54) is 11.1 Å². The Hall–Kier alpha value is -2.74. The molecule has 0 radical (unpaired) electrons. The summed E-state index contributed by atoms with van der Waals surface area (Å²) in [5, 5.41) is 15.1. The van der Waals surface area contributed by atoms with Crippen LogP contribution in [0.15, 0.2) is 24.3 Å². The number of hydrogen-bond acceptors (Lipinski definition) is 7. The minimum Gasteiger partial charge on any atom is -0.378 e. The Kier molecular flexibility index (Phi) is 6.13. The van der Waals surface area contributed by atoms with Crippen LogP contribution in [-0.4, -0.2) is 21.4 Å². The minimum atomic E-state index is -0.449. The van der Waals surface area contributed by atoms with Crippen molar-refractivity contribution in [2.45, 2.75) is 57.4 Å². The third-order valence-corrected chi connectivity index (χ3v) is 6.62. The maximum absolute atomic E-state index is 11.7. The van der Waals surface area contributed by atoms with Crippen LogP contribution in [0.25, 0.3) is 0 Å². The van der Waals surface area contributed by atoms with Gasteiger partial charge in [0.1, 0.15) is 5.69 Å².